The van der Waals surface area contributed by atoms with Gasteiger partial charge in [0, 0.05) is 37.9 Å². The van der Waals surface area contributed by atoms with Crippen LogP contribution in [-0.2, 0) is 13.2 Å². The molecule has 2 heterocycles. The summed E-state index contributed by atoms with van der Waals surface area (Å²) in [5.74, 6) is 1.02. The first-order chi connectivity index (χ1) is 13.2. The average Bonchev–Trinajstić information content (AvgIpc) is 3.11. The summed E-state index contributed by atoms with van der Waals surface area (Å²) in [4.78, 5) is 17.1. The van der Waals surface area contributed by atoms with Crippen LogP contribution < -0.4 is 9.64 Å². The second kappa shape index (κ2) is 7.58. The number of anilines is 1. The van der Waals surface area contributed by atoms with Crippen molar-refractivity contribution in [1.29, 1.82) is 0 Å². The minimum atomic E-state index is -0.100. The molecule has 1 aromatic heterocycles. The van der Waals surface area contributed by atoms with Crippen LogP contribution >= 0.6 is 0 Å². The zero-order valence-corrected chi connectivity index (χ0v) is 15.3. The van der Waals surface area contributed by atoms with Crippen molar-refractivity contribution < 1.29 is 13.9 Å². The van der Waals surface area contributed by atoms with Crippen molar-refractivity contribution in [3.63, 3.8) is 0 Å². The van der Waals surface area contributed by atoms with Crippen LogP contribution in [-0.4, -0.2) is 30.9 Å². The maximum absolute atomic E-state index is 13.1. The molecule has 1 aliphatic heterocycles. The SMILES string of the molecule is CN1CCN(C(=O)c2occc2COc2ccccc2)Cc2ccccc21. The topological polar surface area (TPSA) is 45.9 Å². The third kappa shape index (κ3) is 3.67. The molecular weight excluding hydrogens is 340 g/mol. The third-order valence-corrected chi connectivity index (χ3v) is 4.84. The van der Waals surface area contributed by atoms with E-state index in [2.05, 4.69) is 24.1 Å². The van der Waals surface area contributed by atoms with Gasteiger partial charge in [-0.2, -0.15) is 0 Å². The second-order valence-corrected chi connectivity index (χ2v) is 6.65. The van der Waals surface area contributed by atoms with E-state index in [0.717, 1.165) is 23.4 Å². The Labute approximate surface area is 158 Å². The van der Waals surface area contributed by atoms with Crippen molar-refractivity contribution in [1.82, 2.24) is 4.90 Å². The Morgan fingerprint density at radius 2 is 1.81 bits per heavy atom. The summed E-state index contributed by atoms with van der Waals surface area (Å²) in [5.41, 5.74) is 3.06. The number of rotatable bonds is 4. The molecule has 1 aliphatic rings. The molecule has 0 radical (unpaired) electrons. The largest absolute Gasteiger partial charge is 0.489 e. The standard InChI is InChI=1S/C22H22N2O3/c1-23-12-13-24(15-17-7-5-6-10-20(17)23)22(25)21-18(11-14-26-21)16-27-19-8-3-2-4-9-19/h2-11,14H,12-13,15-16H2,1H3. The quantitative estimate of drug-likeness (QED) is 0.705. The van der Waals surface area contributed by atoms with Gasteiger partial charge in [-0.1, -0.05) is 36.4 Å². The van der Waals surface area contributed by atoms with Gasteiger partial charge in [0.15, 0.2) is 5.76 Å². The maximum atomic E-state index is 13.1. The normalized spacial score (nSPS) is 13.8. The Morgan fingerprint density at radius 1 is 1.04 bits per heavy atom. The molecule has 2 aromatic carbocycles. The molecule has 5 nitrogen and oxygen atoms in total. The molecule has 0 saturated carbocycles. The van der Waals surface area contributed by atoms with Crippen molar-refractivity contribution in [2.75, 3.05) is 25.0 Å². The predicted molar refractivity (Wildman–Crippen MR) is 104 cm³/mol. The van der Waals surface area contributed by atoms with Gasteiger partial charge in [-0.25, -0.2) is 0 Å². The van der Waals surface area contributed by atoms with Crippen LogP contribution in [0.1, 0.15) is 21.7 Å². The van der Waals surface area contributed by atoms with Gasteiger partial charge in [0.1, 0.15) is 12.4 Å². The van der Waals surface area contributed by atoms with Crippen LogP contribution in [0, 0.1) is 0 Å². The fourth-order valence-electron chi connectivity index (χ4n) is 3.32. The molecular formula is C22H22N2O3. The lowest BCUT2D eigenvalue weighted by molar-refractivity contribution is 0.0716. The van der Waals surface area contributed by atoms with Crippen molar-refractivity contribution in [3.05, 3.63) is 83.8 Å². The van der Waals surface area contributed by atoms with Crippen molar-refractivity contribution in [3.8, 4) is 5.75 Å². The molecule has 0 unspecified atom stereocenters. The molecule has 5 heteroatoms. The van der Waals surface area contributed by atoms with Gasteiger partial charge < -0.3 is 19.0 Å². The first kappa shape index (κ1) is 17.2. The van der Waals surface area contributed by atoms with E-state index in [1.54, 1.807) is 12.3 Å². The number of hydrogen-bond acceptors (Lipinski definition) is 4. The average molecular weight is 362 g/mol. The molecule has 0 spiro atoms. The highest BCUT2D eigenvalue weighted by atomic mass is 16.5. The number of furan rings is 1. The van der Waals surface area contributed by atoms with Crippen molar-refractivity contribution in [2.45, 2.75) is 13.2 Å². The number of carbonyl (C=O) groups is 1. The Bertz CT molecular complexity index is 920. The number of hydrogen-bond donors (Lipinski definition) is 0. The van der Waals surface area contributed by atoms with E-state index < -0.39 is 0 Å². The van der Waals surface area contributed by atoms with Crippen LogP contribution in [0.3, 0.4) is 0 Å². The number of ether oxygens (including phenoxy) is 1. The van der Waals surface area contributed by atoms with E-state index in [1.165, 1.54) is 5.69 Å². The molecule has 0 bridgehead atoms. The number of para-hydroxylation sites is 2. The monoisotopic (exact) mass is 362 g/mol. The van der Waals surface area contributed by atoms with Crippen LogP contribution in [0.4, 0.5) is 5.69 Å². The summed E-state index contributed by atoms with van der Waals surface area (Å²) < 4.78 is 11.3. The van der Waals surface area contributed by atoms with Crippen LogP contribution in [0.5, 0.6) is 5.75 Å². The number of likely N-dealkylation sites (N-methyl/N-ethyl adjacent to an activating group) is 1. The van der Waals surface area contributed by atoms with E-state index in [0.29, 0.717) is 25.5 Å². The van der Waals surface area contributed by atoms with E-state index in [9.17, 15) is 4.79 Å². The highest BCUT2D eigenvalue weighted by Crippen LogP contribution is 2.25. The van der Waals surface area contributed by atoms with Gasteiger partial charge in [-0.05, 0) is 29.8 Å². The van der Waals surface area contributed by atoms with E-state index in [4.69, 9.17) is 9.15 Å². The smallest absolute Gasteiger partial charge is 0.290 e. The summed E-state index contributed by atoms with van der Waals surface area (Å²) in [6, 6.07) is 19.6. The fourth-order valence-corrected chi connectivity index (χ4v) is 3.32. The van der Waals surface area contributed by atoms with Gasteiger partial charge in [0.2, 0.25) is 0 Å². The van der Waals surface area contributed by atoms with Gasteiger partial charge in [0.25, 0.3) is 5.91 Å². The number of amides is 1. The van der Waals surface area contributed by atoms with E-state index in [1.807, 2.05) is 47.4 Å². The zero-order chi connectivity index (χ0) is 18.6. The number of nitrogens with zero attached hydrogens (tertiary/aromatic N) is 2. The molecule has 138 valence electrons. The van der Waals surface area contributed by atoms with Crippen LogP contribution in [0.25, 0.3) is 0 Å². The minimum absolute atomic E-state index is 0.100. The summed E-state index contributed by atoms with van der Waals surface area (Å²) >= 11 is 0. The number of benzene rings is 2. The Morgan fingerprint density at radius 3 is 2.67 bits per heavy atom. The minimum Gasteiger partial charge on any atom is -0.489 e. The number of carbonyl (C=O) groups excluding carboxylic acids is 1. The molecule has 0 N–H and O–H groups in total. The Kier molecular flexibility index (Phi) is 4.83. The molecule has 0 aliphatic carbocycles. The Balaban J connectivity index is 1.51. The molecule has 0 fully saturated rings. The van der Waals surface area contributed by atoms with Crippen molar-refractivity contribution >= 4 is 11.6 Å². The molecule has 0 saturated heterocycles. The van der Waals surface area contributed by atoms with E-state index >= 15 is 0 Å². The van der Waals surface area contributed by atoms with Crippen LogP contribution in [0.2, 0.25) is 0 Å². The number of fused-ring (bicyclic) bond motifs is 1. The Hall–Kier alpha value is -3.21. The summed E-state index contributed by atoms with van der Waals surface area (Å²) in [6.45, 7) is 2.29. The molecule has 1 amide bonds. The molecule has 0 atom stereocenters. The lowest BCUT2D eigenvalue weighted by Crippen LogP contribution is -2.34. The predicted octanol–water partition coefficient (Wildman–Crippen LogP) is 3.95. The third-order valence-electron chi connectivity index (χ3n) is 4.84. The fraction of sp³-hybridized carbons (Fsp3) is 0.227. The first-order valence-electron chi connectivity index (χ1n) is 9.05. The molecule has 27 heavy (non-hydrogen) atoms. The summed E-state index contributed by atoms with van der Waals surface area (Å²) in [6.07, 6.45) is 1.55. The molecule has 4 rings (SSSR count). The second-order valence-electron chi connectivity index (χ2n) is 6.65. The summed E-state index contributed by atoms with van der Waals surface area (Å²) in [7, 11) is 2.05. The van der Waals surface area contributed by atoms with E-state index in [-0.39, 0.29) is 5.91 Å². The van der Waals surface area contributed by atoms with Gasteiger partial charge >= 0.3 is 0 Å². The van der Waals surface area contributed by atoms with Crippen LogP contribution in [0.15, 0.2) is 71.3 Å². The summed E-state index contributed by atoms with van der Waals surface area (Å²) in [5, 5.41) is 0. The zero-order valence-electron chi connectivity index (χ0n) is 15.3. The maximum Gasteiger partial charge on any atom is 0.290 e. The highest BCUT2D eigenvalue weighted by Gasteiger charge is 2.26. The molecule has 3 aromatic rings. The van der Waals surface area contributed by atoms with Gasteiger partial charge in [-0.15, -0.1) is 0 Å². The lowest BCUT2D eigenvalue weighted by atomic mass is 10.1. The highest BCUT2D eigenvalue weighted by molar-refractivity contribution is 5.93. The van der Waals surface area contributed by atoms with Gasteiger partial charge in [0.05, 0.1) is 6.26 Å². The van der Waals surface area contributed by atoms with Gasteiger partial charge in [-0.3, -0.25) is 4.79 Å². The van der Waals surface area contributed by atoms with Crippen molar-refractivity contribution in [2.24, 2.45) is 0 Å². The lowest BCUT2D eigenvalue weighted by Gasteiger charge is -2.20. The first-order valence-corrected chi connectivity index (χ1v) is 9.05.